The molecule has 0 spiro atoms. The Morgan fingerprint density at radius 2 is 2.00 bits per heavy atom. The molecule has 22 heavy (non-hydrogen) atoms. The smallest absolute Gasteiger partial charge is 0.416 e. The van der Waals surface area contributed by atoms with Crippen LogP contribution in [0.4, 0.5) is 13.2 Å². The maximum Gasteiger partial charge on any atom is 0.416 e. The first kappa shape index (κ1) is 15.9. The quantitative estimate of drug-likeness (QED) is 0.942. The molecular formula is C14H15F3N4O. The van der Waals surface area contributed by atoms with Crippen molar-refractivity contribution in [2.75, 3.05) is 0 Å². The highest BCUT2D eigenvalue weighted by molar-refractivity contribution is 5.59. The van der Waals surface area contributed by atoms with Crippen LogP contribution in [-0.2, 0) is 6.18 Å². The number of benzene rings is 1. The van der Waals surface area contributed by atoms with Crippen LogP contribution >= 0.6 is 0 Å². The van der Waals surface area contributed by atoms with Crippen LogP contribution in [0, 0.1) is 0 Å². The van der Waals surface area contributed by atoms with E-state index in [1.54, 1.807) is 13.8 Å². The van der Waals surface area contributed by atoms with Gasteiger partial charge in [-0.25, -0.2) is 9.67 Å². The lowest BCUT2D eigenvalue weighted by Gasteiger charge is -2.14. The number of hydrogen-bond donors (Lipinski definition) is 1. The van der Waals surface area contributed by atoms with Crippen molar-refractivity contribution in [3.63, 3.8) is 0 Å². The summed E-state index contributed by atoms with van der Waals surface area (Å²) in [7, 11) is 0. The van der Waals surface area contributed by atoms with E-state index in [0.29, 0.717) is 0 Å². The van der Waals surface area contributed by atoms with Crippen molar-refractivity contribution in [2.24, 2.45) is 5.73 Å². The fraction of sp³-hybridized carbons (Fsp3) is 0.286. The van der Waals surface area contributed by atoms with Gasteiger partial charge in [0.2, 0.25) is 0 Å². The van der Waals surface area contributed by atoms with Gasteiger partial charge in [-0.05, 0) is 32.0 Å². The average Bonchev–Trinajstić information content (AvgIpc) is 2.85. The van der Waals surface area contributed by atoms with Gasteiger partial charge in [-0.3, -0.25) is 0 Å². The van der Waals surface area contributed by atoms with Crippen LogP contribution < -0.4 is 10.5 Å². The highest BCUT2D eigenvalue weighted by Crippen LogP contribution is 2.35. The third-order valence-electron chi connectivity index (χ3n) is 2.61. The molecule has 1 heterocycles. The Bertz CT molecular complexity index is 677. The summed E-state index contributed by atoms with van der Waals surface area (Å²) in [4.78, 5) is 3.97. The largest absolute Gasteiger partial charge is 0.491 e. The number of rotatable bonds is 4. The van der Waals surface area contributed by atoms with Crippen molar-refractivity contribution in [1.29, 1.82) is 0 Å². The van der Waals surface area contributed by atoms with Gasteiger partial charge in [0.15, 0.2) is 5.82 Å². The van der Waals surface area contributed by atoms with Crippen molar-refractivity contribution in [3.8, 4) is 17.1 Å². The number of halogens is 3. The zero-order valence-electron chi connectivity index (χ0n) is 12.0. The monoisotopic (exact) mass is 312 g/mol. The molecule has 0 saturated carbocycles. The maximum atomic E-state index is 13.0. The van der Waals surface area contributed by atoms with Gasteiger partial charge in [0.05, 0.1) is 11.7 Å². The van der Waals surface area contributed by atoms with E-state index in [1.807, 2.05) is 0 Å². The summed E-state index contributed by atoms with van der Waals surface area (Å²) in [6.07, 6.45) is -0.706. The second-order valence-corrected chi connectivity index (χ2v) is 4.80. The summed E-state index contributed by atoms with van der Waals surface area (Å²) >= 11 is 0. The van der Waals surface area contributed by atoms with Crippen LogP contribution in [0.1, 0.15) is 19.4 Å². The number of alkyl halides is 3. The Morgan fingerprint density at radius 3 is 2.59 bits per heavy atom. The minimum atomic E-state index is -4.48. The summed E-state index contributed by atoms with van der Waals surface area (Å²) < 4.78 is 45.7. The molecule has 1 aromatic heterocycles. The second-order valence-electron chi connectivity index (χ2n) is 4.80. The molecule has 0 aliphatic carbocycles. The highest BCUT2D eigenvalue weighted by atomic mass is 19.4. The van der Waals surface area contributed by atoms with Crippen LogP contribution in [0.2, 0.25) is 0 Å². The van der Waals surface area contributed by atoms with Crippen LogP contribution in [0.25, 0.3) is 17.6 Å². The predicted octanol–water partition coefficient (Wildman–Crippen LogP) is 3.14. The van der Waals surface area contributed by atoms with Crippen LogP contribution in [0.5, 0.6) is 5.75 Å². The lowest BCUT2D eigenvalue weighted by molar-refractivity contribution is -0.137. The third kappa shape index (κ3) is 3.78. The van der Waals surface area contributed by atoms with E-state index in [4.69, 9.17) is 10.5 Å². The molecule has 0 amide bonds. The topological polar surface area (TPSA) is 66.0 Å². The van der Waals surface area contributed by atoms with E-state index in [1.165, 1.54) is 29.5 Å². The number of hydrogen-bond acceptors (Lipinski definition) is 4. The zero-order valence-corrected chi connectivity index (χ0v) is 12.0. The predicted molar refractivity (Wildman–Crippen MR) is 75.7 cm³/mol. The van der Waals surface area contributed by atoms with Gasteiger partial charge < -0.3 is 10.5 Å². The van der Waals surface area contributed by atoms with Crippen molar-refractivity contribution in [3.05, 3.63) is 36.3 Å². The molecule has 0 aliphatic heterocycles. The maximum absolute atomic E-state index is 13.0. The summed E-state index contributed by atoms with van der Waals surface area (Å²) in [6.45, 7) is 3.47. The lowest BCUT2D eigenvalue weighted by Crippen LogP contribution is -2.09. The van der Waals surface area contributed by atoms with E-state index in [2.05, 4.69) is 10.1 Å². The third-order valence-corrected chi connectivity index (χ3v) is 2.61. The molecule has 0 aliphatic rings. The van der Waals surface area contributed by atoms with Gasteiger partial charge in [-0.15, -0.1) is 5.10 Å². The van der Waals surface area contributed by atoms with E-state index < -0.39 is 11.7 Å². The van der Waals surface area contributed by atoms with E-state index in [-0.39, 0.29) is 23.2 Å². The minimum Gasteiger partial charge on any atom is -0.491 e. The van der Waals surface area contributed by atoms with E-state index in [0.717, 1.165) is 12.1 Å². The Kier molecular flexibility index (Phi) is 4.39. The highest BCUT2D eigenvalue weighted by Gasteiger charge is 2.32. The minimum absolute atomic E-state index is 0.116. The molecule has 0 saturated heterocycles. The summed E-state index contributed by atoms with van der Waals surface area (Å²) in [6, 6.07) is 3.42. The molecule has 2 aromatic rings. The van der Waals surface area contributed by atoms with Gasteiger partial charge >= 0.3 is 6.18 Å². The molecule has 2 rings (SSSR count). The molecule has 2 N–H and O–H groups in total. The Morgan fingerprint density at radius 1 is 1.27 bits per heavy atom. The van der Waals surface area contributed by atoms with E-state index in [9.17, 15) is 13.2 Å². The van der Waals surface area contributed by atoms with Crippen LogP contribution in [0.3, 0.4) is 0 Å². The van der Waals surface area contributed by atoms with Gasteiger partial charge in [-0.1, -0.05) is 0 Å². The van der Waals surface area contributed by atoms with Crippen molar-refractivity contribution in [2.45, 2.75) is 26.1 Å². The average molecular weight is 312 g/mol. The van der Waals surface area contributed by atoms with Gasteiger partial charge in [-0.2, -0.15) is 13.2 Å². The SMILES string of the molecule is CC(C)Oc1cc(-c2ncn(/C=C\N)n2)cc(C(F)(F)F)c1. The fourth-order valence-electron chi connectivity index (χ4n) is 1.80. The number of nitrogens with two attached hydrogens (primary N) is 1. The molecule has 118 valence electrons. The first-order chi connectivity index (χ1) is 10.3. The molecule has 8 heteroatoms. The molecular weight excluding hydrogens is 297 g/mol. The zero-order chi connectivity index (χ0) is 16.3. The molecule has 1 aromatic carbocycles. The first-order valence-electron chi connectivity index (χ1n) is 6.48. The fourth-order valence-corrected chi connectivity index (χ4v) is 1.80. The van der Waals surface area contributed by atoms with Gasteiger partial charge in [0, 0.05) is 18.0 Å². The van der Waals surface area contributed by atoms with Crippen molar-refractivity contribution < 1.29 is 17.9 Å². The van der Waals surface area contributed by atoms with E-state index >= 15 is 0 Å². The normalized spacial score (nSPS) is 12.3. The first-order valence-corrected chi connectivity index (χ1v) is 6.48. The summed E-state index contributed by atoms with van der Waals surface area (Å²) in [5, 5.41) is 4.03. The standard InChI is InChI=1S/C14H15F3N4O/c1-9(2)22-12-6-10(5-11(7-12)14(15,16)17)13-19-8-21(20-13)4-3-18/h3-9H,18H2,1-2H3/b4-3-. The van der Waals surface area contributed by atoms with Gasteiger partial charge in [0.1, 0.15) is 12.1 Å². The molecule has 0 unspecified atom stereocenters. The molecule has 5 nitrogen and oxygen atoms in total. The van der Waals surface area contributed by atoms with Crippen molar-refractivity contribution in [1.82, 2.24) is 14.8 Å². The molecule has 0 atom stereocenters. The van der Waals surface area contributed by atoms with Gasteiger partial charge in [0.25, 0.3) is 0 Å². The molecule has 0 bridgehead atoms. The number of aromatic nitrogens is 3. The van der Waals surface area contributed by atoms with Crippen LogP contribution in [0.15, 0.2) is 30.7 Å². The second kappa shape index (κ2) is 6.08. The molecule has 0 radical (unpaired) electrons. The lowest BCUT2D eigenvalue weighted by atomic mass is 10.1. The number of nitrogens with zero attached hydrogens (tertiary/aromatic N) is 3. The molecule has 0 fully saturated rings. The Hall–Kier alpha value is -2.51. The Labute approximate surface area is 125 Å². The van der Waals surface area contributed by atoms with Crippen molar-refractivity contribution >= 4 is 6.20 Å². The summed E-state index contributed by atoms with van der Waals surface area (Å²) in [5.74, 6) is 0.267. The van der Waals surface area contributed by atoms with Crippen LogP contribution in [-0.4, -0.2) is 20.9 Å². The number of ether oxygens (including phenoxy) is 1. The Balaban J connectivity index is 2.48. The summed E-state index contributed by atoms with van der Waals surface area (Å²) in [5.41, 5.74) is 4.63.